The van der Waals surface area contributed by atoms with Crippen molar-refractivity contribution < 1.29 is 22.7 Å². The number of sulfonamides is 1. The molecule has 202 valence electrons. The highest BCUT2D eigenvalue weighted by atomic mass is 32.2. The predicted molar refractivity (Wildman–Crippen MR) is 144 cm³/mol. The van der Waals surface area contributed by atoms with E-state index in [4.69, 9.17) is 9.47 Å². The SMILES string of the molecule is COc1ccc(C=Nc2nc3[nH]nc(C)n3c(=O)c2S(=O)(=O)NN2C(=O)CSC2c2ccc(OC)cc2)cc1. The predicted octanol–water partition coefficient (Wildman–Crippen LogP) is 1.96. The van der Waals surface area contributed by atoms with Crippen molar-refractivity contribution in [1.82, 2.24) is 29.4 Å². The topological polar surface area (TPSA) is 160 Å². The van der Waals surface area contributed by atoms with Crippen LogP contribution in [0.1, 0.15) is 22.3 Å². The fourth-order valence-electron chi connectivity index (χ4n) is 3.91. The number of ether oxygens (including phenoxy) is 2. The monoisotopic (exact) mass is 569 g/mol. The van der Waals surface area contributed by atoms with Crippen LogP contribution in [-0.2, 0) is 14.8 Å². The van der Waals surface area contributed by atoms with E-state index in [1.165, 1.54) is 39.1 Å². The van der Waals surface area contributed by atoms with Gasteiger partial charge in [0.15, 0.2) is 10.7 Å². The number of hydrogen-bond acceptors (Lipinski definition) is 10. The number of H-pyrrole nitrogens is 1. The van der Waals surface area contributed by atoms with Crippen LogP contribution < -0.4 is 19.9 Å². The van der Waals surface area contributed by atoms with E-state index in [0.29, 0.717) is 22.6 Å². The maximum absolute atomic E-state index is 13.7. The lowest BCUT2D eigenvalue weighted by atomic mass is 10.2. The zero-order chi connectivity index (χ0) is 27.7. The minimum absolute atomic E-state index is 0.0160. The van der Waals surface area contributed by atoms with E-state index in [9.17, 15) is 18.0 Å². The first-order chi connectivity index (χ1) is 18.7. The second-order valence-electron chi connectivity index (χ2n) is 8.33. The third-order valence-corrected chi connectivity index (χ3v) is 8.42. The Labute approximate surface area is 226 Å². The number of fused-ring (bicyclic) bond motifs is 1. The van der Waals surface area contributed by atoms with E-state index >= 15 is 0 Å². The lowest BCUT2D eigenvalue weighted by Gasteiger charge is -2.24. The van der Waals surface area contributed by atoms with Crippen LogP contribution in [0.15, 0.2) is 63.2 Å². The molecule has 5 rings (SSSR count). The number of hydrazine groups is 1. The quantitative estimate of drug-likeness (QED) is 0.302. The smallest absolute Gasteiger partial charge is 0.283 e. The molecule has 2 N–H and O–H groups in total. The molecule has 0 bridgehead atoms. The molecular weight excluding hydrogens is 546 g/mol. The molecule has 1 saturated heterocycles. The van der Waals surface area contributed by atoms with Crippen LogP contribution in [0.25, 0.3) is 5.78 Å². The number of thioether (sulfide) groups is 1. The van der Waals surface area contributed by atoms with Crippen LogP contribution in [0.4, 0.5) is 5.82 Å². The van der Waals surface area contributed by atoms with Gasteiger partial charge in [0.05, 0.1) is 20.0 Å². The van der Waals surface area contributed by atoms with Crippen LogP contribution in [0.3, 0.4) is 0 Å². The largest absolute Gasteiger partial charge is 0.497 e. The van der Waals surface area contributed by atoms with Gasteiger partial charge in [-0.05, 0) is 54.4 Å². The average molecular weight is 570 g/mol. The summed E-state index contributed by atoms with van der Waals surface area (Å²) in [6.07, 6.45) is 1.37. The Hall–Kier alpha value is -4.21. The molecule has 1 unspecified atom stereocenters. The van der Waals surface area contributed by atoms with Crippen molar-refractivity contribution in [2.45, 2.75) is 17.2 Å². The van der Waals surface area contributed by atoms with Crippen LogP contribution in [0.2, 0.25) is 0 Å². The molecule has 0 saturated carbocycles. The molecule has 15 heteroatoms. The number of aromatic nitrogens is 4. The molecule has 0 spiro atoms. The summed E-state index contributed by atoms with van der Waals surface area (Å²) >= 11 is 1.24. The molecule has 1 fully saturated rings. The Balaban J connectivity index is 1.56. The Morgan fingerprint density at radius 1 is 1.08 bits per heavy atom. The molecule has 2 aromatic heterocycles. The van der Waals surface area contributed by atoms with Gasteiger partial charge in [-0.15, -0.1) is 16.6 Å². The summed E-state index contributed by atoms with van der Waals surface area (Å²) in [6, 6.07) is 13.7. The summed E-state index contributed by atoms with van der Waals surface area (Å²) in [6.45, 7) is 1.52. The summed E-state index contributed by atoms with van der Waals surface area (Å²) < 4.78 is 38.8. The number of nitrogens with zero attached hydrogens (tertiary/aromatic N) is 5. The van der Waals surface area contributed by atoms with Gasteiger partial charge < -0.3 is 9.47 Å². The number of carbonyl (C=O) groups is 1. The summed E-state index contributed by atoms with van der Waals surface area (Å²) in [5, 5.41) is 6.88. The first-order valence-electron chi connectivity index (χ1n) is 11.5. The average Bonchev–Trinajstić information content (AvgIpc) is 3.49. The van der Waals surface area contributed by atoms with Crippen LogP contribution in [0.5, 0.6) is 11.5 Å². The standard InChI is InChI=1S/C24H23N7O6S2/c1-14-27-28-24-26-21(25-12-15-4-8-17(36-2)9-5-15)20(22(33)30(14)24)39(34,35)29-31-19(32)13-38-23(31)16-6-10-18(37-3)11-7-16/h4-12,23,29H,13H2,1-3H3,(H,26,28). The van der Waals surface area contributed by atoms with Gasteiger partial charge in [0.2, 0.25) is 11.7 Å². The van der Waals surface area contributed by atoms with Crippen molar-refractivity contribution in [2.75, 3.05) is 20.0 Å². The summed E-state index contributed by atoms with van der Waals surface area (Å²) in [4.78, 5) is 36.3. The minimum atomic E-state index is -4.65. The van der Waals surface area contributed by atoms with Crippen molar-refractivity contribution in [3.05, 3.63) is 75.8 Å². The second-order valence-corrected chi connectivity index (χ2v) is 11.0. The summed E-state index contributed by atoms with van der Waals surface area (Å²) in [5.74, 6) is 0.662. The molecule has 2 aromatic carbocycles. The molecule has 0 aliphatic carbocycles. The molecule has 1 amide bonds. The number of aromatic amines is 1. The number of amides is 1. The van der Waals surface area contributed by atoms with Crippen molar-refractivity contribution >= 4 is 45.5 Å². The van der Waals surface area contributed by atoms with E-state index in [1.54, 1.807) is 48.5 Å². The second kappa shape index (κ2) is 10.5. The number of aliphatic imine (C=N–C) groups is 1. The molecule has 13 nitrogen and oxygen atoms in total. The maximum atomic E-state index is 13.7. The highest BCUT2D eigenvalue weighted by molar-refractivity contribution is 8.00. The highest BCUT2D eigenvalue weighted by Crippen LogP contribution is 2.38. The summed E-state index contributed by atoms with van der Waals surface area (Å²) in [5.41, 5.74) is 0.365. The third-order valence-electron chi connectivity index (χ3n) is 5.87. The number of nitrogens with one attached hydrogen (secondary N) is 2. The number of aryl methyl sites for hydroxylation is 1. The highest BCUT2D eigenvalue weighted by Gasteiger charge is 2.38. The molecule has 1 aliphatic rings. The van der Waals surface area contributed by atoms with Crippen molar-refractivity contribution in [3.63, 3.8) is 0 Å². The van der Waals surface area contributed by atoms with Gasteiger partial charge in [-0.25, -0.2) is 27.9 Å². The van der Waals surface area contributed by atoms with E-state index in [0.717, 1.165) is 9.41 Å². The zero-order valence-electron chi connectivity index (χ0n) is 21.0. The fourth-order valence-corrected chi connectivity index (χ4v) is 6.30. The van der Waals surface area contributed by atoms with Crippen LogP contribution >= 0.6 is 11.8 Å². The number of hydrogen-bond donors (Lipinski definition) is 2. The third kappa shape index (κ3) is 5.10. The lowest BCUT2D eigenvalue weighted by Crippen LogP contribution is -2.46. The van der Waals surface area contributed by atoms with Gasteiger partial charge in [-0.3, -0.25) is 9.59 Å². The molecule has 0 radical (unpaired) electrons. The number of carbonyl (C=O) groups excluding carboxylic acids is 1. The number of rotatable bonds is 8. The van der Waals surface area contributed by atoms with Crippen molar-refractivity contribution in [3.8, 4) is 11.5 Å². The van der Waals surface area contributed by atoms with Crippen molar-refractivity contribution in [1.29, 1.82) is 0 Å². The Bertz CT molecular complexity index is 1730. The molecule has 4 aromatic rings. The molecule has 1 aliphatic heterocycles. The van der Waals surface area contributed by atoms with Gasteiger partial charge in [-0.2, -0.15) is 10.1 Å². The van der Waals surface area contributed by atoms with E-state index in [1.807, 2.05) is 0 Å². The van der Waals surface area contributed by atoms with Gasteiger partial charge in [0, 0.05) is 6.21 Å². The summed E-state index contributed by atoms with van der Waals surface area (Å²) in [7, 11) is -1.58. The normalized spacial score (nSPS) is 15.9. The minimum Gasteiger partial charge on any atom is -0.497 e. The van der Waals surface area contributed by atoms with Crippen molar-refractivity contribution in [2.24, 2.45) is 4.99 Å². The zero-order valence-corrected chi connectivity index (χ0v) is 22.6. The molecule has 3 heterocycles. The van der Waals surface area contributed by atoms with Crippen LogP contribution in [-0.4, -0.2) is 65.1 Å². The Kier molecular flexibility index (Phi) is 7.12. The van der Waals surface area contributed by atoms with E-state index in [-0.39, 0.29) is 23.2 Å². The van der Waals surface area contributed by atoms with E-state index in [2.05, 4.69) is 25.0 Å². The first kappa shape index (κ1) is 26.4. The Morgan fingerprint density at radius 2 is 1.72 bits per heavy atom. The number of methoxy groups -OCH3 is 2. The fraction of sp³-hybridized carbons (Fsp3) is 0.208. The van der Waals surface area contributed by atoms with Gasteiger partial charge in [0.1, 0.15) is 22.7 Å². The molecule has 39 heavy (non-hydrogen) atoms. The lowest BCUT2D eigenvalue weighted by molar-refractivity contribution is -0.129. The van der Waals surface area contributed by atoms with Gasteiger partial charge >= 0.3 is 0 Å². The number of benzene rings is 2. The molecular formula is C24H23N7O6S2. The maximum Gasteiger partial charge on any atom is 0.283 e. The van der Waals surface area contributed by atoms with Gasteiger partial charge in [-0.1, -0.05) is 12.1 Å². The van der Waals surface area contributed by atoms with E-state index < -0.39 is 31.8 Å². The van der Waals surface area contributed by atoms with Gasteiger partial charge in [0.25, 0.3) is 15.6 Å². The molecule has 1 atom stereocenters. The first-order valence-corrected chi connectivity index (χ1v) is 14.0. The van der Waals surface area contributed by atoms with Crippen LogP contribution in [0, 0.1) is 6.92 Å². The Morgan fingerprint density at radius 3 is 2.36 bits per heavy atom.